The van der Waals surface area contributed by atoms with Crippen molar-refractivity contribution in [3.05, 3.63) is 0 Å². The van der Waals surface area contributed by atoms with Gasteiger partial charge in [-0.2, -0.15) is 11.8 Å². The molecule has 3 N–H and O–H groups in total. The maximum absolute atomic E-state index is 11.2. The molecule has 0 saturated heterocycles. The highest BCUT2D eigenvalue weighted by Crippen LogP contribution is 2.07. The van der Waals surface area contributed by atoms with Gasteiger partial charge in [-0.25, -0.2) is 0 Å². The average Bonchev–Trinajstić information content (AvgIpc) is 2.15. The normalized spacial score (nSPS) is 15.1. The van der Waals surface area contributed by atoms with Gasteiger partial charge < -0.3 is 11.1 Å². The number of rotatable bonds is 6. The fraction of sp³-hybridized carbons (Fsp3) is 0.889. The van der Waals surface area contributed by atoms with E-state index in [-0.39, 0.29) is 11.9 Å². The molecule has 0 rings (SSSR count). The van der Waals surface area contributed by atoms with Crippen LogP contribution < -0.4 is 11.1 Å². The Morgan fingerprint density at radius 2 is 2.23 bits per heavy atom. The zero-order chi connectivity index (χ0) is 10.3. The molecule has 4 heteroatoms. The molecule has 0 aromatic rings. The Labute approximate surface area is 84.8 Å². The minimum atomic E-state index is -0.343. The molecule has 0 aromatic heterocycles. The summed E-state index contributed by atoms with van der Waals surface area (Å²) in [6.07, 6.45) is 3.78. The SMILES string of the molecule is CCC(N)C(=O)NCCC(C)SC. The number of thioether (sulfide) groups is 1. The zero-order valence-corrected chi connectivity index (χ0v) is 9.49. The first kappa shape index (κ1) is 12.8. The first-order valence-corrected chi connectivity index (χ1v) is 5.96. The van der Waals surface area contributed by atoms with Crippen molar-refractivity contribution in [3.63, 3.8) is 0 Å². The van der Waals surface area contributed by atoms with E-state index in [0.717, 1.165) is 13.0 Å². The Balaban J connectivity index is 3.47. The third-order valence-electron chi connectivity index (χ3n) is 2.03. The molecular weight excluding hydrogens is 184 g/mol. The largest absolute Gasteiger partial charge is 0.355 e. The van der Waals surface area contributed by atoms with E-state index in [9.17, 15) is 4.79 Å². The molecule has 78 valence electrons. The number of carbonyl (C=O) groups excluding carboxylic acids is 1. The summed E-state index contributed by atoms with van der Waals surface area (Å²) in [7, 11) is 0. The minimum absolute atomic E-state index is 0.0317. The van der Waals surface area contributed by atoms with E-state index in [1.54, 1.807) is 0 Å². The van der Waals surface area contributed by atoms with E-state index < -0.39 is 0 Å². The molecule has 0 aliphatic carbocycles. The quantitative estimate of drug-likeness (QED) is 0.678. The van der Waals surface area contributed by atoms with Gasteiger partial charge in [0.2, 0.25) is 5.91 Å². The summed E-state index contributed by atoms with van der Waals surface area (Å²) in [5, 5.41) is 3.42. The van der Waals surface area contributed by atoms with Gasteiger partial charge >= 0.3 is 0 Å². The first-order valence-electron chi connectivity index (χ1n) is 4.67. The van der Waals surface area contributed by atoms with E-state index in [1.165, 1.54) is 0 Å². The van der Waals surface area contributed by atoms with Crippen molar-refractivity contribution in [2.45, 2.75) is 38.0 Å². The molecule has 0 bridgehead atoms. The summed E-state index contributed by atoms with van der Waals surface area (Å²) >= 11 is 1.81. The third-order valence-corrected chi connectivity index (χ3v) is 3.07. The summed E-state index contributed by atoms with van der Waals surface area (Å²) in [6.45, 7) is 4.79. The van der Waals surface area contributed by atoms with Crippen LogP contribution in [0.3, 0.4) is 0 Å². The van der Waals surface area contributed by atoms with Crippen LogP contribution in [0.5, 0.6) is 0 Å². The smallest absolute Gasteiger partial charge is 0.236 e. The second-order valence-electron chi connectivity index (χ2n) is 3.14. The summed E-state index contributed by atoms with van der Waals surface area (Å²) in [6, 6.07) is -0.343. The highest BCUT2D eigenvalue weighted by atomic mass is 32.2. The first-order chi connectivity index (χ1) is 6.11. The van der Waals surface area contributed by atoms with Crippen LogP contribution in [0.2, 0.25) is 0 Å². The summed E-state index contributed by atoms with van der Waals surface area (Å²) < 4.78 is 0. The number of hydrogen-bond donors (Lipinski definition) is 2. The molecule has 0 aliphatic rings. The molecule has 0 aromatic carbocycles. The van der Waals surface area contributed by atoms with Crippen LogP contribution in [0.15, 0.2) is 0 Å². The Kier molecular flexibility index (Phi) is 7.09. The highest BCUT2D eigenvalue weighted by Gasteiger charge is 2.09. The summed E-state index contributed by atoms with van der Waals surface area (Å²) in [5.74, 6) is -0.0317. The molecule has 2 atom stereocenters. The van der Waals surface area contributed by atoms with Crippen LogP contribution >= 0.6 is 11.8 Å². The number of amides is 1. The van der Waals surface area contributed by atoms with Gasteiger partial charge in [-0.05, 0) is 19.1 Å². The van der Waals surface area contributed by atoms with Crippen molar-refractivity contribution in [1.82, 2.24) is 5.32 Å². The third kappa shape index (κ3) is 5.93. The van der Waals surface area contributed by atoms with E-state index in [2.05, 4.69) is 18.5 Å². The van der Waals surface area contributed by atoms with Crippen LogP contribution in [0.25, 0.3) is 0 Å². The predicted molar refractivity (Wildman–Crippen MR) is 58.9 cm³/mol. The van der Waals surface area contributed by atoms with Gasteiger partial charge in [-0.3, -0.25) is 4.79 Å². The van der Waals surface area contributed by atoms with Gasteiger partial charge in [-0.15, -0.1) is 0 Å². The lowest BCUT2D eigenvalue weighted by Crippen LogP contribution is -2.40. The standard InChI is InChI=1S/C9H20N2OS/c1-4-8(10)9(12)11-6-5-7(2)13-3/h7-8H,4-6,10H2,1-3H3,(H,11,12). The van der Waals surface area contributed by atoms with Crippen molar-refractivity contribution in [3.8, 4) is 0 Å². The van der Waals surface area contributed by atoms with Gasteiger partial charge in [0, 0.05) is 11.8 Å². The lowest BCUT2D eigenvalue weighted by Gasteiger charge is -2.11. The monoisotopic (exact) mass is 204 g/mol. The molecule has 3 nitrogen and oxygen atoms in total. The van der Waals surface area contributed by atoms with Crippen LogP contribution in [0.4, 0.5) is 0 Å². The van der Waals surface area contributed by atoms with Crippen LogP contribution in [-0.4, -0.2) is 30.0 Å². The van der Waals surface area contributed by atoms with Gasteiger partial charge in [-0.1, -0.05) is 13.8 Å². The van der Waals surface area contributed by atoms with Crippen molar-refractivity contribution in [2.75, 3.05) is 12.8 Å². The molecule has 1 amide bonds. The predicted octanol–water partition coefficient (Wildman–Crippen LogP) is 0.981. The molecular formula is C9H20N2OS. The van der Waals surface area contributed by atoms with Crippen LogP contribution in [0, 0.1) is 0 Å². The second kappa shape index (κ2) is 7.21. The van der Waals surface area contributed by atoms with Crippen molar-refractivity contribution >= 4 is 17.7 Å². The Hall–Kier alpha value is -0.220. The second-order valence-corrected chi connectivity index (χ2v) is 4.42. The van der Waals surface area contributed by atoms with Gasteiger partial charge in [0.05, 0.1) is 6.04 Å². The van der Waals surface area contributed by atoms with Crippen LogP contribution in [-0.2, 0) is 4.79 Å². The van der Waals surface area contributed by atoms with Crippen LogP contribution in [0.1, 0.15) is 26.7 Å². The molecule has 0 radical (unpaired) electrons. The number of nitrogens with two attached hydrogens (primary N) is 1. The lowest BCUT2D eigenvalue weighted by molar-refractivity contribution is -0.122. The van der Waals surface area contributed by atoms with Crippen molar-refractivity contribution < 1.29 is 4.79 Å². The maximum Gasteiger partial charge on any atom is 0.236 e. The number of carbonyl (C=O) groups is 1. The molecule has 0 saturated carbocycles. The summed E-state index contributed by atoms with van der Waals surface area (Å²) in [4.78, 5) is 11.2. The Morgan fingerprint density at radius 3 is 2.69 bits per heavy atom. The molecule has 13 heavy (non-hydrogen) atoms. The topological polar surface area (TPSA) is 55.1 Å². The fourth-order valence-electron chi connectivity index (χ4n) is 0.833. The fourth-order valence-corrected chi connectivity index (χ4v) is 1.19. The lowest BCUT2D eigenvalue weighted by atomic mass is 10.2. The van der Waals surface area contributed by atoms with Crippen molar-refractivity contribution in [2.24, 2.45) is 5.73 Å². The van der Waals surface area contributed by atoms with E-state index in [0.29, 0.717) is 11.7 Å². The molecule has 0 spiro atoms. The molecule has 0 heterocycles. The summed E-state index contributed by atoms with van der Waals surface area (Å²) in [5.41, 5.74) is 5.55. The molecule has 0 fully saturated rings. The van der Waals surface area contributed by atoms with E-state index in [4.69, 9.17) is 5.73 Å². The van der Waals surface area contributed by atoms with Crippen molar-refractivity contribution in [1.29, 1.82) is 0 Å². The number of hydrogen-bond acceptors (Lipinski definition) is 3. The maximum atomic E-state index is 11.2. The molecule has 0 aliphatic heterocycles. The Bertz CT molecular complexity index is 153. The van der Waals surface area contributed by atoms with Gasteiger partial charge in [0.1, 0.15) is 0 Å². The van der Waals surface area contributed by atoms with Gasteiger partial charge in [0.25, 0.3) is 0 Å². The molecule has 2 unspecified atom stereocenters. The van der Waals surface area contributed by atoms with E-state index >= 15 is 0 Å². The van der Waals surface area contributed by atoms with Gasteiger partial charge in [0.15, 0.2) is 0 Å². The minimum Gasteiger partial charge on any atom is -0.355 e. The number of nitrogens with one attached hydrogen (secondary N) is 1. The average molecular weight is 204 g/mol. The van der Waals surface area contributed by atoms with E-state index in [1.807, 2.05) is 18.7 Å². The highest BCUT2D eigenvalue weighted by molar-refractivity contribution is 7.99. The Morgan fingerprint density at radius 1 is 1.62 bits per heavy atom. The zero-order valence-electron chi connectivity index (χ0n) is 8.67.